The molecule has 1 aromatic rings. The minimum Gasteiger partial charge on any atom is -0.387 e. The number of ketones is 1. The van der Waals surface area contributed by atoms with Crippen LogP contribution >= 0.6 is 11.3 Å². The number of nitrogens with one attached hydrogen (secondary N) is 1. The fourth-order valence-electron chi connectivity index (χ4n) is 1.68. The van der Waals surface area contributed by atoms with Crippen LogP contribution in [-0.4, -0.2) is 12.8 Å². The maximum atomic E-state index is 11.6. The lowest BCUT2D eigenvalue weighted by Gasteiger charge is -2.14. The summed E-state index contributed by atoms with van der Waals surface area (Å²) < 4.78 is 0. The van der Waals surface area contributed by atoms with E-state index in [9.17, 15) is 4.79 Å². The quantitative estimate of drug-likeness (QED) is 0.795. The molecule has 0 amide bonds. The number of thiophene rings is 1. The average molecular weight is 223 g/mol. The second-order valence-electron chi connectivity index (χ2n) is 3.73. The Morgan fingerprint density at radius 3 is 2.47 bits per heavy atom. The van der Waals surface area contributed by atoms with Gasteiger partial charge in [-0.05, 0) is 24.3 Å². The summed E-state index contributed by atoms with van der Waals surface area (Å²) in [5.41, 5.74) is 1.84. The predicted molar refractivity (Wildman–Crippen MR) is 65.8 cm³/mol. The number of Topliss-reactive ketones (excluding diaryl/α,β-unsaturated/α-hetero) is 1. The summed E-state index contributed by atoms with van der Waals surface area (Å²) in [7, 11) is 1.86. The van der Waals surface area contributed by atoms with Crippen molar-refractivity contribution in [3.63, 3.8) is 0 Å². The molecule has 0 aromatic carbocycles. The Morgan fingerprint density at radius 1 is 1.47 bits per heavy atom. The van der Waals surface area contributed by atoms with Crippen molar-refractivity contribution in [3.05, 3.63) is 28.0 Å². The Kier molecular flexibility index (Phi) is 4.09. The molecule has 0 saturated heterocycles. The van der Waals surface area contributed by atoms with Crippen molar-refractivity contribution in [1.82, 2.24) is 5.32 Å². The molecule has 1 rings (SSSR count). The molecule has 1 aromatic heterocycles. The van der Waals surface area contributed by atoms with Crippen molar-refractivity contribution in [3.8, 4) is 0 Å². The monoisotopic (exact) mass is 223 g/mol. The molecule has 0 atom stereocenters. The summed E-state index contributed by atoms with van der Waals surface area (Å²) in [5.74, 6) is 0.384. The van der Waals surface area contributed by atoms with E-state index in [1.165, 1.54) is 0 Å². The second kappa shape index (κ2) is 5.12. The third-order valence-electron chi connectivity index (χ3n) is 2.24. The lowest BCUT2D eigenvalue weighted by Crippen LogP contribution is -2.15. The first-order valence-corrected chi connectivity index (χ1v) is 5.92. The molecule has 0 spiro atoms. The molecule has 0 aliphatic heterocycles. The minimum absolute atomic E-state index is 0.141. The van der Waals surface area contributed by atoms with Crippen LogP contribution in [-0.2, 0) is 4.79 Å². The summed E-state index contributed by atoms with van der Waals surface area (Å²) in [4.78, 5) is 12.7. The number of carbonyl (C=O) groups is 1. The molecule has 2 nitrogen and oxygen atoms in total. The molecule has 1 heterocycles. The molecule has 3 heteroatoms. The van der Waals surface area contributed by atoms with Crippen LogP contribution in [0.25, 0.3) is 5.70 Å². The summed E-state index contributed by atoms with van der Waals surface area (Å²) in [6.45, 7) is 5.71. The SMILES string of the molecule is CN/C(=C(\C(C)=O)C(C)C)c1cccs1. The van der Waals surface area contributed by atoms with Gasteiger partial charge in [-0.25, -0.2) is 0 Å². The first-order chi connectivity index (χ1) is 7.07. The van der Waals surface area contributed by atoms with E-state index in [4.69, 9.17) is 0 Å². The third-order valence-corrected chi connectivity index (χ3v) is 3.13. The first-order valence-electron chi connectivity index (χ1n) is 5.04. The standard InChI is InChI=1S/C12H17NOS/c1-8(2)11(9(3)14)12(13-4)10-6-5-7-15-10/h5-8,13H,1-4H3/b12-11-. The number of hydrogen-bond donors (Lipinski definition) is 1. The highest BCUT2D eigenvalue weighted by Gasteiger charge is 2.16. The fourth-order valence-corrected chi connectivity index (χ4v) is 2.47. The highest BCUT2D eigenvalue weighted by Crippen LogP contribution is 2.25. The van der Waals surface area contributed by atoms with E-state index in [1.807, 2.05) is 38.4 Å². The van der Waals surface area contributed by atoms with Crippen LogP contribution in [0.15, 0.2) is 23.1 Å². The number of carbonyl (C=O) groups excluding carboxylic acids is 1. The summed E-state index contributed by atoms with van der Waals surface area (Å²) in [6, 6.07) is 4.03. The van der Waals surface area contributed by atoms with Gasteiger partial charge in [0.2, 0.25) is 0 Å². The van der Waals surface area contributed by atoms with Gasteiger partial charge in [0.05, 0.1) is 10.6 Å². The molecule has 0 saturated carbocycles. The molecule has 0 radical (unpaired) electrons. The maximum Gasteiger partial charge on any atom is 0.158 e. The molecule has 1 N–H and O–H groups in total. The van der Waals surface area contributed by atoms with E-state index in [2.05, 4.69) is 5.32 Å². The Hall–Kier alpha value is -1.09. The lowest BCUT2D eigenvalue weighted by molar-refractivity contribution is -0.114. The highest BCUT2D eigenvalue weighted by atomic mass is 32.1. The van der Waals surface area contributed by atoms with Crippen molar-refractivity contribution in [2.75, 3.05) is 7.05 Å². The number of allylic oxidation sites excluding steroid dienone is 1. The topological polar surface area (TPSA) is 29.1 Å². The second-order valence-corrected chi connectivity index (χ2v) is 4.67. The van der Waals surface area contributed by atoms with Gasteiger partial charge in [0, 0.05) is 12.6 Å². The fraction of sp³-hybridized carbons (Fsp3) is 0.417. The van der Waals surface area contributed by atoms with Gasteiger partial charge >= 0.3 is 0 Å². The molecule has 0 aliphatic carbocycles. The van der Waals surface area contributed by atoms with Gasteiger partial charge in [-0.1, -0.05) is 19.9 Å². The lowest BCUT2D eigenvalue weighted by atomic mass is 9.97. The van der Waals surface area contributed by atoms with Gasteiger partial charge in [-0.2, -0.15) is 0 Å². The first kappa shape index (κ1) is 12.0. The van der Waals surface area contributed by atoms with Gasteiger partial charge in [0.25, 0.3) is 0 Å². The Labute approximate surface area is 95.0 Å². The zero-order valence-corrected chi connectivity index (χ0v) is 10.4. The van der Waals surface area contributed by atoms with E-state index < -0.39 is 0 Å². The van der Waals surface area contributed by atoms with Gasteiger partial charge in [-0.3, -0.25) is 4.79 Å². The van der Waals surface area contributed by atoms with Crippen LogP contribution in [0.5, 0.6) is 0 Å². The van der Waals surface area contributed by atoms with Gasteiger partial charge in [-0.15, -0.1) is 11.3 Å². The van der Waals surface area contributed by atoms with Crippen molar-refractivity contribution in [2.45, 2.75) is 20.8 Å². The normalized spacial score (nSPS) is 12.6. The third kappa shape index (κ3) is 2.69. The predicted octanol–water partition coefficient (Wildman–Crippen LogP) is 2.92. The van der Waals surface area contributed by atoms with Crippen LogP contribution in [0.1, 0.15) is 25.6 Å². The Morgan fingerprint density at radius 2 is 2.13 bits per heavy atom. The van der Waals surface area contributed by atoms with Crippen LogP contribution in [0.2, 0.25) is 0 Å². The molecule has 0 unspecified atom stereocenters. The van der Waals surface area contributed by atoms with Crippen LogP contribution in [0, 0.1) is 5.92 Å². The molecule has 0 bridgehead atoms. The van der Waals surface area contributed by atoms with Crippen LogP contribution < -0.4 is 5.32 Å². The number of rotatable bonds is 4. The molecular formula is C12H17NOS. The van der Waals surface area contributed by atoms with Crippen LogP contribution in [0.3, 0.4) is 0 Å². The Bertz CT molecular complexity index is 363. The average Bonchev–Trinajstić information content (AvgIpc) is 2.64. The summed E-state index contributed by atoms with van der Waals surface area (Å²) in [5, 5.41) is 5.16. The molecule has 82 valence electrons. The van der Waals surface area contributed by atoms with E-state index in [0.717, 1.165) is 16.1 Å². The van der Waals surface area contributed by atoms with E-state index in [0.29, 0.717) is 0 Å². The van der Waals surface area contributed by atoms with Crippen molar-refractivity contribution >= 4 is 22.8 Å². The maximum absolute atomic E-state index is 11.6. The number of hydrogen-bond acceptors (Lipinski definition) is 3. The van der Waals surface area contributed by atoms with E-state index in [-0.39, 0.29) is 11.7 Å². The molecular weight excluding hydrogens is 206 g/mol. The molecule has 0 aliphatic rings. The summed E-state index contributed by atoms with van der Waals surface area (Å²) in [6.07, 6.45) is 0. The Balaban J connectivity index is 3.26. The van der Waals surface area contributed by atoms with Crippen molar-refractivity contribution < 1.29 is 4.79 Å². The van der Waals surface area contributed by atoms with E-state index >= 15 is 0 Å². The van der Waals surface area contributed by atoms with Gasteiger partial charge < -0.3 is 5.32 Å². The van der Waals surface area contributed by atoms with Gasteiger partial charge in [0.15, 0.2) is 5.78 Å². The zero-order chi connectivity index (χ0) is 11.4. The summed E-state index contributed by atoms with van der Waals surface area (Å²) >= 11 is 1.65. The molecule has 0 fully saturated rings. The zero-order valence-electron chi connectivity index (χ0n) is 9.63. The van der Waals surface area contributed by atoms with E-state index in [1.54, 1.807) is 18.3 Å². The van der Waals surface area contributed by atoms with Crippen LogP contribution in [0.4, 0.5) is 0 Å². The smallest absolute Gasteiger partial charge is 0.158 e. The van der Waals surface area contributed by atoms with Gasteiger partial charge in [0.1, 0.15) is 0 Å². The van der Waals surface area contributed by atoms with Crippen molar-refractivity contribution in [2.24, 2.45) is 5.92 Å². The highest BCUT2D eigenvalue weighted by molar-refractivity contribution is 7.11. The largest absolute Gasteiger partial charge is 0.387 e. The molecule has 15 heavy (non-hydrogen) atoms. The minimum atomic E-state index is 0.141. The van der Waals surface area contributed by atoms with Crippen molar-refractivity contribution in [1.29, 1.82) is 0 Å².